The third-order valence-electron chi connectivity index (χ3n) is 3.20. The van der Waals surface area contributed by atoms with E-state index < -0.39 is 41.8 Å². The quantitative estimate of drug-likeness (QED) is 0.698. The summed E-state index contributed by atoms with van der Waals surface area (Å²) in [6, 6.07) is 5.86. The van der Waals surface area contributed by atoms with E-state index in [9.17, 15) is 17.6 Å². The largest absolute Gasteiger partial charge is 0.394 e. The Balaban J connectivity index is 2.75. The lowest BCUT2D eigenvalue weighted by molar-refractivity contribution is -0.211. The first-order valence-corrected chi connectivity index (χ1v) is 6.43. The molecule has 1 aromatic carbocycles. The van der Waals surface area contributed by atoms with Crippen LogP contribution in [0, 0.1) is 18.1 Å². The molecule has 1 nitrogen and oxygen atoms in total. The molecular weight excluding hydrogens is 294 g/mol. The molecule has 0 N–H and O–H groups in total. The minimum atomic E-state index is -4.93. The Kier molecular flexibility index (Phi) is 2.79. The van der Waals surface area contributed by atoms with Crippen molar-refractivity contribution in [3.8, 4) is 11.3 Å². The molecule has 0 unspecified atom stereocenters. The molecule has 0 aliphatic rings. The second-order valence-corrected chi connectivity index (χ2v) is 5.37. The third-order valence-corrected chi connectivity index (χ3v) is 3.20. The Morgan fingerprint density at radius 2 is 1.82 bits per heavy atom. The van der Waals surface area contributed by atoms with Crippen molar-refractivity contribution >= 4 is 0 Å². The zero-order valence-electron chi connectivity index (χ0n) is 16.9. The molecule has 22 heavy (non-hydrogen) atoms. The van der Waals surface area contributed by atoms with E-state index in [4.69, 9.17) is 6.85 Å². The molecule has 0 saturated heterocycles. The van der Waals surface area contributed by atoms with E-state index in [1.54, 1.807) is 0 Å². The predicted molar refractivity (Wildman–Crippen MR) is 77.9 cm³/mol. The fourth-order valence-corrected chi connectivity index (χ4v) is 1.74. The lowest BCUT2D eigenvalue weighted by atomic mass is 9.83. The van der Waals surface area contributed by atoms with Gasteiger partial charge >= 0.3 is 6.18 Å². The Bertz CT molecular complexity index is 827. The average Bonchev–Trinajstić information content (AvgIpc) is 2.53. The minimum absolute atomic E-state index is 0.0415. The zero-order chi connectivity index (χ0) is 20.8. The van der Waals surface area contributed by atoms with Crippen LogP contribution in [0.1, 0.15) is 31.8 Å². The molecule has 0 saturated carbocycles. The lowest BCUT2D eigenvalue weighted by Gasteiger charge is -2.28. The summed E-state index contributed by atoms with van der Waals surface area (Å²) in [6.45, 7) is -1.51. The van der Waals surface area contributed by atoms with Crippen LogP contribution in [0.25, 0.3) is 11.3 Å². The summed E-state index contributed by atoms with van der Waals surface area (Å²) in [4.78, 5) is 3.93. The van der Waals surface area contributed by atoms with Crippen LogP contribution >= 0.6 is 0 Å². The van der Waals surface area contributed by atoms with Crippen molar-refractivity contribution in [2.24, 2.45) is 5.41 Å². The van der Waals surface area contributed by atoms with Crippen molar-refractivity contribution < 1.29 is 24.4 Å². The molecule has 0 aliphatic carbocycles. The number of rotatable bonds is 3. The molecule has 0 amide bonds. The SMILES string of the molecule is [2H]C([2H])([2H])c1cnc(-c2ccc(F)cc2)cc1C([2H])([2H])C(C)(C)C(F)(F)F. The van der Waals surface area contributed by atoms with Crippen molar-refractivity contribution in [3.05, 3.63) is 53.5 Å². The molecule has 118 valence electrons. The number of benzene rings is 1. The van der Waals surface area contributed by atoms with E-state index >= 15 is 0 Å². The minimum Gasteiger partial charge on any atom is -0.256 e. The monoisotopic (exact) mass is 316 g/mol. The van der Waals surface area contributed by atoms with Gasteiger partial charge in [-0.3, -0.25) is 4.98 Å². The summed E-state index contributed by atoms with van der Waals surface area (Å²) in [5.74, 6) is -0.536. The first-order chi connectivity index (χ1) is 12.1. The maximum Gasteiger partial charge on any atom is 0.394 e. The Labute approximate surface area is 134 Å². The molecule has 0 radical (unpaired) electrons. The van der Waals surface area contributed by atoms with E-state index in [1.165, 1.54) is 12.1 Å². The number of aryl methyl sites for hydroxylation is 1. The average molecular weight is 316 g/mol. The van der Waals surface area contributed by atoms with Crippen LogP contribution in [-0.4, -0.2) is 11.2 Å². The predicted octanol–water partition coefficient (Wildman–Crippen LogP) is 5.33. The summed E-state index contributed by atoms with van der Waals surface area (Å²) in [5, 5.41) is 0. The molecule has 5 heteroatoms. The molecule has 1 heterocycles. The number of aromatic nitrogens is 1. The molecule has 0 atom stereocenters. The normalized spacial score (nSPS) is 17.1. The molecule has 0 bridgehead atoms. The van der Waals surface area contributed by atoms with E-state index in [1.807, 2.05) is 0 Å². The van der Waals surface area contributed by atoms with Gasteiger partial charge in [-0.2, -0.15) is 13.2 Å². The molecule has 2 rings (SSSR count). The summed E-state index contributed by atoms with van der Waals surface area (Å²) < 4.78 is 92.5. The Hall–Kier alpha value is -1.91. The number of nitrogens with zero attached hydrogens (tertiary/aromatic N) is 1. The first-order valence-electron chi connectivity index (χ1n) is 8.93. The number of pyridine rings is 1. The number of hydrogen-bond acceptors (Lipinski definition) is 1. The second kappa shape index (κ2) is 5.71. The van der Waals surface area contributed by atoms with Crippen LogP contribution in [-0.2, 0) is 6.37 Å². The van der Waals surface area contributed by atoms with Crippen LogP contribution in [0.3, 0.4) is 0 Å². The number of hydrogen-bond donors (Lipinski definition) is 0. The van der Waals surface area contributed by atoms with Crippen molar-refractivity contribution in [1.82, 2.24) is 4.98 Å². The van der Waals surface area contributed by atoms with Crippen molar-refractivity contribution in [2.45, 2.75) is 33.2 Å². The fourth-order valence-electron chi connectivity index (χ4n) is 1.74. The Morgan fingerprint density at radius 3 is 2.36 bits per heavy atom. The molecule has 2 aromatic rings. The van der Waals surface area contributed by atoms with Gasteiger partial charge in [-0.05, 0) is 54.7 Å². The highest BCUT2D eigenvalue weighted by atomic mass is 19.4. The molecule has 0 spiro atoms. The topological polar surface area (TPSA) is 12.9 Å². The first kappa shape index (κ1) is 10.8. The summed E-state index contributed by atoms with van der Waals surface area (Å²) >= 11 is 0. The summed E-state index contributed by atoms with van der Waals surface area (Å²) in [7, 11) is 0. The zero-order valence-corrected chi connectivity index (χ0v) is 11.9. The number of halogens is 4. The van der Waals surface area contributed by atoms with Gasteiger partial charge in [0.15, 0.2) is 0 Å². The van der Waals surface area contributed by atoms with Crippen molar-refractivity contribution in [2.75, 3.05) is 0 Å². The highest BCUT2D eigenvalue weighted by Gasteiger charge is 2.47. The third kappa shape index (κ3) is 3.46. The van der Waals surface area contributed by atoms with Crippen LogP contribution in [0.5, 0.6) is 0 Å². The highest BCUT2D eigenvalue weighted by Crippen LogP contribution is 2.40. The maximum absolute atomic E-state index is 13.5. The second-order valence-electron chi connectivity index (χ2n) is 5.37. The van der Waals surface area contributed by atoms with Crippen LogP contribution in [0.15, 0.2) is 36.5 Å². The molecular formula is C17H17F4N. The lowest BCUT2D eigenvalue weighted by Crippen LogP contribution is -2.34. The summed E-state index contributed by atoms with van der Waals surface area (Å²) in [5.41, 5.74) is -3.74. The van der Waals surface area contributed by atoms with Gasteiger partial charge in [0.05, 0.1) is 11.1 Å². The molecule has 0 aliphatic heterocycles. The highest BCUT2D eigenvalue weighted by molar-refractivity contribution is 5.60. The maximum atomic E-state index is 13.5. The van der Waals surface area contributed by atoms with Gasteiger partial charge in [-0.15, -0.1) is 0 Å². The van der Waals surface area contributed by atoms with Gasteiger partial charge in [0.1, 0.15) is 5.82 Å². The van der Waals surface area contributed by atoms with Gasteiger partial charge in [-0.25, -0.2) is 4.39 Å². The van der Waals surface area contributed by atoms with Gasteiger partial charge < -0.3 is 0 Å². The van der Waals surface area contributed by atoms with Gasteiger partial charge in [-0.1, -0.05) is 13.8 Å². The van der Waals surface area contributed by atoms with E-state index in [2.05, 4.69) is 4.98 Å². The molecule has 0 fully saturated rings. The smallest absolute Gasteiger partial charge is 0.256 e. The van der Waals surface area contributed by atoms with Gasteiger partial charge in [0.25, 0.3) is 0 Å². The van der Waals surface area contributed by atoms with E-state index in [0.717, 1.165) is 24.4 Å². The van der Waals surface area contributed by atoms with E-state index in [0.29, 0.717) is 19.4 Å². The molecule has 1 aromatic heterocycles. The van der Waals surface area contributed by atoms with Crippen LogP contribution in [0.4, 0.5) is 17.6 Å². The fraction of sp³-hybridized carbons (Fsp3) is 0.353. The standard InChI is InChI=1S/C17H17F4N/c1-11-10-22-15(12-4-6-14(18)7-5-12)8-13(11)9-16(2,3)17(19,20)21/h4-8,10H,9H2,1-3H3/i1D3,9D2. The number of alkyl halides is 3. The van der Waals surface area contributed by atoms with Crippen LogP contribution in [0.2, 0.25) is 0 Å². The van der Waals surface area contributed by atoms with Crippen LogP contribution < -0.4 is 0 Å². The van der Waals surface area contributed by atoms with Gasteiger partial charge in [0.2, 0.25) is 0 Å². The van der Waals surface area contributed by atoms with Gasteiger partial charge in [0, 0.05) is 18.6 Å². The van der Waals surface area contributed by atoms with Crippen molar-refractivity contribution in [1.29, 1.82) is 0 Å². The van der Waals surface area contributed by atoms with Crippen molar-refractivity contribution in [3.63, 3.8) is 0 Å². The summed E-state index contributed by atoms with van der Waals surface area (Å²) in [6.07, 6.45) is -7.14. The van der Waals surface area contributed by atoms with E-state index in [-0.39, 0.29) is 5.69 Å². The Morgan fingerprint density at radius 1 is 1.18 bits per heavy atom.